The van der Waals surface area contributed by atoms with E-state index in [1.807, 2.05) is 48.5 Å². The van der Waals surface area contributed by atoms with E-state index in [0.29, 0.717) is 11.3 Å². The summed E-state index contributed by atoms with van der Waals surface area (Å²) in [6.07, 6.45) is 1.55. The summed E-state index contributed by atoms with van der Waals surface area (Å²) >= 11 is 0. The number of amides is 1. The Kier molecular flexibility index (Phi) is 7.72. The van der Waals surface area contributed by atoms with Gasteiger partial charge in [0.2, 0.25) is 0 Å². The molecule has 190 valence electrons. The Labute approximate surface area is 208 Å². The van der Waals surface area contributed by atoms with Gasteiger partial charge in [-0.1, -0.05) is 55.1 Å². The number of carbonyl (C=O) groups excluding carboxylic acids is 1. The number of nitrogens with one attached hydrogen (secondary N) is 2. The second-order valence-electron chi connectivity index (χ2n) is 7.51. The number of rotatable bonds is 10. The van der Waals surface area contributed by atoms with Crippen molar-refractivity contribution >= 4 is 11.6 Å². The number of ether oxygens (including phenoxy) is 2. The molecule has 4 aromatic rings. The molecule has 0 bridgehead atoms. The number of para-hydroxylation sites is 1. The second kappa shape index (κ2) is 11.3. The van der Waals surface area contributed by atoms with E-state index >= 15 is 0 Å². The quantitative estimate of drug-likeness (QED) is 0.212. The van der Waals surface area contributed by atoms with Crippen molar-refractivity contribution in [3.8, 4) is 28.4 Å². The largest absolute Gasteiger partial charge is 0.435 e. The van der Waals surface area contributed by atoms with Crippen molar-refractivity contribution in [1.29, 1.82) is 0 Å². The van der Waals surface area contributed by atoms with Gasteiger partial charge in [0, 0.05) is 23.4 Å². The second-order valence-corrected chi connectivity index (χ2v) is 7.51. The molecule has 2 N–H and O–H groups in total. The highest BCUT2D eigenvalue weighted by Gasteiger charge is 2.20. The summed E-state index contributed by atoms with van der Waals surface area (Å²) < 4.78 is 61.0. The maximum atomic E-state index is 13.1. The SMILES string of the molecule is C=C(NNC(=O)c1cn(-c2ccccc2)nc1-c1ccccc1)c1ccc(OC(F)F)cc1OC(F)F. The van der Waals surface area contributed by atoms with Gasteiger partial charge in [-0.25, -0.2) is 4.68 Å². The van der Waals surface area contributed by atoms with E-state index in [-0.39, 0.29) is 22.6 Å². The molecule has 3 aromatic carbocycles. The van der Waals surface area contributed by atoms with Crippen molar-refractivity contribution in [2.24, 2.45) is 0 Å². The molecule has 0 aliphatic carbocycles. The monoisotopic (exact) mass is 512 g/mol. The number of aromatic nitrogens is 2. The predicted octanol–water partition coefficient (Wildman–Crippen LogP) is 5.65. The van der Waals surface area contributed by atoms with Gasteiger partial charge in [0.1, 0.15) is 17.2 Å². The molecule has 0 saturated carbocycles. The summed E-state index contributed by atoms with van der Waals surface area (Å²) in [5.74, 6) is -1.44. The van der Waals surface area contributed by atoms with E-state index < -0.39 is 24.9 Å². The molecule has 0 aliphatic rings. The highest BCUT2D eigenvalue weighted by atomic mass is 19.3. The third kappa shape index (κ3) is 6.26. The van der Waals surface area contributed by atoms with E-state index in [1.165, 1.54) is 6.07 Å². The van der Waals surface area contributed by atoms with Gasteiger partial charge in [-0.2, -0.15) is 22.7 Å². The van der Waals surface area contributed by atoms with Crippen LogP contribution in [0.5, 0.6) is 11.5 Å². The van der Waals surface area contributed by atoms with Gasteiger partial charge in [-0.3, -0.25) is 15.6 Å². The first-order valence-corrected chi connectivity index (χ1v) is 10.8. The molecule has 0 unspecified atom stereocenters. The first-order chi connectivity index (χ1) is 17.8. The van der Waals surface area contributed by atoms with E-state index in [0.717, 1.165) is 17.8 Å². The molecule has 0 aliphatic heterocycles. The van der Waals surface area contributed by atoms with Gasteiger partial charge in [0.05, 0.1) is 16.9 Å². The zero-order valence-electron chi connectivity index (χ0n) is 19.1. The molecule has 1 heterocycles. The molecule has 1 aromatic heterocycles. The lowest BCUT2D eigenvalue weighted by atomic mass is 10.1. The minimum atomic E-state index is -3.24. The van der Waals surface area contributed by atoms with Crippen molar-refractivity contribution in [1.82, 2.24) is 20.6 Å². The molecule has 0 saturated heterocycles. The van der Waals surface area contributed by atoms with Crippen molar-refractivity contribution in [2.75, 3.05) is 0 Å². The molecular formula is C26H20F4N4O3. The molecule has 0 spiro atoms. The summed E-state index contributed by atoms with van der Waals surface area (Å²) in [4.78, 5) is 13.1. The number of nitrogens with zero attached hydrogens (tertiary/aromatic N) is 2. The Balaban J connectivity index is 1.57. The fourth-order valence-electron chi connectivity index (χ4n) is 3.45. The van der Waals surface area contributed by atoms with Crippen LogP contribution in [0.4, 0.5) is 17.6 Å². The first kappa shape index (κ1) is 25.3. The molecule has 0 radical (unpaired) electrons. The summed E-state index contributed by atoms with van der Waals surface area (Å²) in [5, 5.41) is 4.56. The van der Waals surface area contributed by atoms with Crippen LogP contribution in [0.1, 0.15) is 15.9 Å². The fraction of sp³-hybridized carbons (Fsp3) is 0.0769. The van der Waals surface area contributed by atoms with E-state index in [2.05, 4.69) is 32.0 Å². The van der Waals surface area contributed by atoms with Gasteiger partial charge in [-0.05, 0) is 24.3 Å². The van der Waals surface area contributed by atoms with E-state index in [4.69, 9.17) is 0 Å². The smallest absolute Gasteiger partial charge is 0.387 e. The van der Waals surface area contributed by atoms with Crippen LogP contribution in [0, 0.1) is 0 Å². The van der Waals surface area contributed by atoms with Crippen LogP contribution in [0.15, 0.2) is 91.6 Å². The number of alkyl halides is 4. The lowest BCUT2D eigenvalue weighted by molar-refractivity contribution is -0.0544. The molecule has 11 heteroatoms. The summed E-state index contributed by atoms with van der Waals surface area (Å²) in [6.45, 7) is -2.67. The Morgan fingerprint density at radius 2 is 1.49 bits per heavy atom. The third-order valence-corrected chi connectivity index (χ3v) is 5.07. The lowest BCUT2D eigenvalue weighted by Gasteiger charge is -2.16. The third-order valence-electron chi connectivity index (χ3n) is 5.07. The molecule has 4 rings (SSSR count). The number of halogens is 4. The molecular weight excluding hydrogens is 492 g/mol. The molecule has 37 heavy (non-hydrogen) atoms. The normalized spacial score (nSPS) is 10.9. The minimum Gasteiger partial charge on any atom is -0.435 e. The van der Waals surface area contributed by atoms with Crippen LogP contribution < -0.4 is 20.3 Å². The Hall–Kier alpha value is -4.80. The summed E-state index contributed by atoms with van der Waals surface area (Å²) in [6, 6.07) is 21.4. The van der Waals surface area contributed by atoms with Crippen LogP contribution >= 0.6 is 0 Å². The molecule has 0 fully saturated rings. The zero-order chi connectivity index (χ0) is 26.4. The number of hydrogen-bond acceptors (Lipinski definition) is 5. The van der Waals surface area contributed by atoms with Crippen LogP contribution in [-0.2, 0) is 0 Å². The van der Waals surface area contributed by atoms with Crippen LogP contribution in [0.2, 0.25) is 0 Å². The summed E-state index contributed by atoms with van der Waals surface area (Å²) in [5.41, 5.74) is 7.03. The Morgan fingerprint density at radius 1 is 0.838 bits per heavy atom. The number of hydrazine groups is 1. The summed E-state index contributed by atoms with van der Waals surface area (Å²) in [7, 11) is 0. The van der Waals surface area contributed by atoms with Crippen molar-refractivity contribution in [3.63, 3.8) is 0 Å². The van der Waals surface area contributed by atoms with Gasteiger partial charge < -0.3 is 9.47 Å². The Morgan fingerprint density at radius 3 is 2.14 bits per heavy atom. The fourth-order valence-corrected chi connectivity index (χ4v) is 3.45. The van der Waals surface area contributed by atoms with Gasteiger partial charge in [-0.15, -0.1) is 0 Å². The number of carbonyl (C=O) groups is 1. The van der Waals surface area contributed by atoms with Crippen LogP contribution in [0.3, 0.4) is 0 Å². The number of hydrogen-bond donors (Lipinski definition) is 2. The van der Waals surface area contributed by atoms with E-state index in [1.54, 1.807) is 23.0 Å². The molecule has 0 atom stereocenters. The van der Waals surface area contributed by atoms with Crippen LogP contribution in [-0.4, -0.2) is 28.9 Å². The highest BCUT2D eigenvalue weighted by Crippen LogP contribution is 2.31. The van der Waals surface area contributed by atoms with Crippen molar-refractivity contribution in [3.05, 3.63) is 103 Å². The average molecular weight is 512 g/mol. The van der Waals surface area contributed by atoms with E-state index in [9.17, 15) is 22.4 Å². The average Bonchev–Trinajstić information content (AvgIpc) is 3.33. The maximum Gasteiger partial charge on any atom is 0.387 e. The van der Waals surface area contributed by atoms with Crippen LogP contribution in [0.25, 0.3) is 22.6 Å². The predicted molar refractivity (Wildman–Crippen MR) is 128 cm³/mol. The molecule has 7 nitrogen and oxygen atoms in total. The van der Waals surface area contributed by atoms with Gasteiger partial charge >= 0.3 is 13.2 Å². The standard InChI is InChI=1S/C26H20F4N4O3/c1-16(20-13-12-19(36-25(27)28)14-22(20)37-26(29)30)31-32-24(35)21-15-34(18-10-6-3-7-11-18)33-23(21)17-8-4-2-5-9-17/h2-15,25-26,31H,1H2,(H,32,35). The highest BCUT2D eigenvalue weighted by molar-refractivity contribution is 6.00. The van der Waals surface area contributed by atoms with Gasteiger partial charge in [0.25, 0.3) is 5.91 Å². The van der Waals surface area contributed by atoms with Gasteiger partial charge in [0.15, 0.2) is 0 Å². The molecule has 1 amide bonds. The van der Waals surface area contributed by atoms with Crippen molar-refractivity contribution in [2.45, 2.75) is 13.2 Å². The number of benzene rings is 3. The maximum absolute atomic E-state index is 13.1. The topological polar surface area (TPSA) is 77.4 Å². The zero-order valence-corrected chi connectivity index (χ0v) is 19.1. The lowest BCUT2D eigenvalue weighted by Crippen LogP contribution is -2.36. The van der Waals surface area contributed by atoms with Crippen molar-refractivity contribution < 1.29 is 31.8 Å². The minimum absolute atomic E-state index is 0.00881. The first-order valence-electron chi connectivity index (χ1n) is 10.8. The Bertz CT molecular complexity index is 1380.